The largest absolute Gasteiger partial charge is 0.315 e. The van der Waals surface area contributed by atoms with E-state index in [2.05, 4.69) is 0 Å². The van der Waals surface area contributed by atoms with Gasteiger partial charge in [0.25, 0.3) is 5.56 Å². The highest BCUT2D eigenvalue weighted by atomic mass is 35.5. The first-order chi connectivity index (χ1) is 15.2. The van der Waals surface area contributed by atoms with E-state index in [1.54, 1.807) is 4.40 Å². The summed E-state index contributed by atoms with van der Waals surface area (Å²) < 4.78 is 25.6. The van der Waals surface area contributed by atoms with Crippen molar-refractivity contribution in [3.05, 3.63) is 74.8 Å². The summed E-state index contributed by atoms with van der Waals surface area (Å²) in [6.07, 6.45) is 0. The second-order valence-corrected chi connectivity index (χ2v) is 11.9. The summed E-state index contributed by atoms with van der Waals surface area (Å²) in [5.41, 5.74) is 3.63. The van der Waals surface area contributed by atoms with E-state index in [0.29, 0.717) is 22.9 Å². The molecule has 2 aromatic heterocycles. The monoisotopic (exact) mass is 488 g/mol. The summed E-state index contributed by atoms with van der Waals surface area (Å²) in [6, 6.07) is 12.6. The molecule has 4 heterocycles. The molecule has 5 rings (SSSR count). The highest BCUT2D eigenvalue weighted by Gasteiger charge is 2.44. The summed E-state index contributed by atoms with van der Waals surface area (Å²) in [7, 11) is -3.05. The van der Waals surface area contributed by atoms with Crippen LogP contribution in [0.25, 0.3) is 5.65 Å². The van der Waals surface area contributed by atoms with Gasteiger partial charge in [0.05, 0.1) is 29.8 Å². The van der Waals surface area contributed by atoms with Crippen molar-refractivity contribution in [2.24, 2.45) is 4.99 Å². The third kappa shape index (κ3) is 3.93. The molecular weight excluding hydrogens is 468 g/mol. The van der Waals surface area contributed by atoms with Crippen LogP contribution < -0.4 is 10.5 Å². The Balaban J connectivity index is 1.56. The van der Waals surface area contributed by atoms with Crippen LogP contribution in [0.3, 0.4) is 0 Å². The lowest BCUT2D eigenvalue weighted by molar-refractivity contribution is 0.601. The van der Waals surface area contributed by atoms with Crippen molar-refractivity contribution >= 4 is 49.7 Å². The first-order valence-electron chi connectivity index (χ1n) is 10.2. The van der Waals surface area contributed by atoms with Crippen LogP contribution >= 0.6 is 23.4 Å². The zero-order chi connectivity index (χ0) is 22.6. The molecule has 2 aliphatic heterocycles. The van der Waals surface area contributed by atoms with Gasteiger partial charge in [-0.05, 0) is 43.7 Å². The maximum absolute atomic E-state index is 12.8. The number of rotatable bonds is 3. The maximum Gasteiger partial charge on any atom is 0.258 e. The summed E-state index contributed by atoms with van der Waals surface area (Å²) in [4.78, 5) is 24.2. The smallest absolute Gasteiger partial charge is 0.258 e. The average Bonchev–Trinajstić information content (AvgIpc) is 3.21. The van der Waals surface area contributed by atoms with Gasteiger partial charge in [-0.3, -0.25) is 14.2 Å². The van der Waals surface area contributed by atoms with E-state index in [4.69, 9.17) is 21.6 Å². The molecule has 2 atom stereocenters. The number of sulfone groups is 1. The van der Waals surface area contributed by atoms with E-state index in [0.717, 1.165) is 22.1 Å². The van der Waals surface area contributed by atoms with Crippen molar-refractivity contribution < 1.29 is 8.42 Å². The van der Waals surface area contributed by atoms with Crippen molar-refractivity contribution in [3.63, 3.8) is 0 Å². The second-order valence-electron chi connectivity index (χ2n) is 8.18. The van der Waals surface area contributed by atoms with Crippen LogP contribution in [0, 0.1) is 13.8 Å². The van der Waals surface area contributed by atoms with Gasteiger partial charge in [-0.25, -0.2) is 13.4 Å². The molecule has 32 heavy (non-hydrogen) atoms. The molecule has 3 aromatic rings. The molecular formula is C22H21ClN4O3S2. The highest BCUT2D eigenvalue weighted by Crippen LogP contribution is 2.38. The molecule has 166 valence electrons. The van der Waals surface area contributed by atoms with Crippen LogP contribution in [0.1, 0.15) is 17.0 Å². The number of hydrogen-bond donors (Lipinski definition) is 0. The van der Waals surface area contributed by atoms with E-state index in [1.165, 1.54) is 17.8 Å². The Morgan fingerprint density at radius 3 is 2.75 bits per heavy atom. The number of aliphatic imine (C=N–C) groups is 1. The standard InChI is InChI=1S/C22H21ClN4O3S2/c1-13-6-7-16(9-17(13)23)26(22-25-18-11-32(29,30)12-19(18)31-22)10-15-8-21(28)27-14(2)4-3-5-20(27)24-15/h3-9,18-19H,10-12H2,1-2H3. The number of aryl methyl sites for hydroxylation is 2. The molecule has 0 radical (unpaired) electrons. The number of fused-ring (bicyclic) bond motifs is 2. The van der Waals surface area contributed by atoms with E-state index < -0.39 is 9.84 Å². The Kier molecular flexibility index (Phi) is 5.30. The number of anilines is 1. The molecule has 2 aliphatic rings. The van der Waals surface area contributed by atoms with Gasteiger partial charge >= 0.3 is 0 Å². The number of halogens is 1. The van der Waals surface area contributed by atoms with E-state index >= 15 is 0 Å². The zero-order valence-corrected chi connectivity index (χ0v) is 19.9. The fourth-order valence-electron chi connectivity index (χ4n) is 4.10. The van der Waals surface area contributed by atoms with E-state index in [-0.39, 0.29) is 28.4 Å². The predicted octanol–water partition coefficient (Wildman–Crippen LogP) is 3.24. The SMILES string of the molecule is Cc1ccc(N(Cc2cc(=O)n3c(C)cccc3n2)C2=NC3CS(=O)(=O)CC3S2)cc1Cl. The van der Waals surface area contributed by atoms with Crippen molar-refractivity contribution in [2.75, 3.05) is 16.4 Å². The summed E-state index contributed by atoms with van der Waals surface area (Å²) >= 11 is 7.87. The van der Waals surface area contributed by atoms with Crippen molar-refractivity contribution in [3.8, 4) is 0 Å². The van der Waals surface area contributed by atoms with Gasteiger partial charge in [-0.15, -0.1) is 0 Å². The number of hydrogen-bond acceptors (Lipinski definition) is 7. The van der Waals surface area contributed by atoms with E-state index in [9.17, 15) is 13.2 Å². The molecule has 1 aromatic carbocycles. The van der Waals surface area contributed by atoms with Crippen molar-refractivity contribution in [1.82, 2.24) is 9.38 Å². The molecule has 1 saturated heterocycles. The zero-order valence-electron chi connectivity index (χ0n) is 17.5. The normalized spacial score (nSPS) is 21.5. The van der Waals surface area contributed by atoms with Gasteiger partial charge in [0.2, 0.25) is 0 Å². The Morgan fingerprint density at radius 1 is 1.19 bits per heavy atom. The Morgan fingerprint density at radius 2 is 2.00 bits per heavy atom. The molecule has 0 bridgehead atoms. The van der Waals surface area contributed by atoms with Gasteiger partial charge in [-0.2, -0.15) is 0 Å². The van der Waals surface area contributed by atoms with Crippen LogP contribution in [0.15, 0.2) is 52.3 Å². The second kappa shape index (κ2) is 7.90. The Labute approximate surface area is 195 Å². The van der Waals surface area contributed by atoms with Gasteiger partial charge in [0.15, 0.2) is 15.0 Å². The third-order valence-electron chi connectivity index (χ3n) is 5.76. The predicted molar refractivity (Wildman–Crippen MR) is 130 cm³/mol. The summed E-state index contributed by atoms with van der Waals surface area (Å²) in [5, 5.41) is 1.26. The molecule has 0 saturated carbocycles. The van der Waals surface area contributed by atoms with Crippen molar-refractivity contribution in [2.45, 2.75) is 31.7 Å². The van der Waals surface area contributed by atoms with Crippen molar-refractivity contribution in [1.29, 1.82) is 0 Å². The quantitative estimate of drug-likeness (QED) is 0.562. The lowest BCUT2D eigenvalue weighted by Crippen LogP contribution is -2.30. The number of benzene rings is 1. The minimum Gasteiger partial charge on any atom is -0.315 e. The number of thioether (sulfide) groups is 1. The number of aromatic nitrogens is 2. The van der Waals surface area contributed by atoms with Crippen LogP contribution in [-0.2, 0) is 16.4 Å². The third-order valence-corrected chi connectivity index (χ3v) is 9.41. The number of nitrogens with zero attached hydrogens (tertiary/aromatic N) is 4. The number of amidine groups is 1. The van der Waals surface area contributed by atoms with Crippen LogP contribution in [-0.4, -0.2) is 45.8 Å². The average molecular weight is 489 g/mol. The minimum atomic E-state index is -3.05. The van der Waals surface area contributed by atoms with Gasteiger partial charge in [0, 0.05) is 27.7 Å². The number of pyridine rings is 1. The fraction of sp³-hybridized carbons (Fsp3) is 0.318. The Bertz CT molecular complexity index is 1430. The maximum atomic E-state index is 12.8. The van der Waals surface area contributed by atoms with Crippen LogP contribution in [0.2, 0.25) is 5.02 Å². The van der Waals surface area contributed by atoms with Crippen LogP contribution in [0.4, 0.5) is 5.69 Å². The molecule has 1 fully saturated rings. The topological polar surface area (TPSA) is 84.1 Å². The molecule has 2 unspecified atom stereocenters. The van der Waals surface area contributed by atoms with E-state index in [1.807, 2.05) is 55.1 Å². The van der Waals surface area contributed by atoms with Gasteiger partial charge < -0.3 is 4.90 Å². The fourth-order valence-corrected chi connectivity index (χ4v) is 8.05. The lowest BCUT2D eigenvalue weighted by atomic mass is 10.2. The molecule has 0 amide bonds. The van der Waals surface area contributed by atoms with Gasteiger partial charge in [0.1, 0.15) is 5.65 Å². The van der Waals surface area contributed by atoms with Gasteiger partial charge in [-0.1, -0.05) is 35.5 Å². The molecule has 0 aliphatic carbocycles. The molecule has 0 N–H and O–H groups in total. The first-order valence-corrected chi connectivity index (χ1v) is 13.2. The first kappa shape index (κ1) is 21.5. The summed E-state index contributed by atoms with van der Waals surface area (Å²) in [5.74, 6) is 0.207. The molecule has 10 heteroatoms. The summed E-state index contributed by atoms with van der Waals surface area (Å²) in [6.45, 7) is 4.12. The molecule has 7 nitrogen and oxygen atoms in total. The molecule has 0 spiro atoms. The Hall–Kier alpha value is -2.36. The van der Waals surface area contributed by atoms with Crippen LogP contribution in [0.5, 0.6) is 0 Å². The lowest BCUT2D eigenvalue weighted by Gasteiger charge is -2.25. The minimum absolute atomic E-state index is 0.0749. The highest BCUT2D eigenvalue weighted by molar-refractivity contribution is 8.15.